The van der Waals surface area contributed by atoms with Gasteiger partial charge >= 0.3 is 5.97 Å². The summed E-state index contributed by atoms with van der Waals surface area (Å²) >= 11 is 0. The first-order valence-corrected chi connectivity index (χ1v) is 5.37. The minimum atomic E-state index is -3.45. The topological polar surface area (TPSA) is 101 Å². The molecule has 0 bridgehead atoms. The summed E-state index contributed by atoms with van der Waals surface area (Å²) in [5, 5.41) is 8.28. The van der Waals surface area contributed by atoms with Crippen molar-refractivity contribution in [1.82, 2.24) is 4.31 Å². The molecule has 0 aliphatic carbocycles. The maximum Gasteiger partial charge on any atom is 0.304 e. The van der Waals surface area contributed by atoms with Gasteiger partial charge in [0.05, 0.1) is 12.2 Å². The molecule has 0 radical (unpaired) electrons. The molecule has 7 heteroatoms. The van der Waals surface area contributed by atoms with E-state index in [1.807, 2.05) is 0 Å². The van der Waals surface area contributed by atoms with Gasteiger partial charge in [0.2, 0.25) is 10.0 Å². The standard InChI is InChI=1S/C6H14N2O4S/c1-8(4-3-7)13(11,12)5-2-6(9)10/h2-5,7H2,1H3,(H,9,10). The molecule has 0 fully saturated rings. The van der Waals surface area contributed by atoms with E-state index in [4.69, 9.17) is 10.8 Å². The van der Waals surface area contributed by atoms with Crippen molar-refractivity contribution in [3.8, 4) is 0 Å². The summed E-state index contributed by atoms with van der Waals surface area (Å²) in [6.45, 7) is 0.435. The maximum atomic E-state index is 11.2. The van der Waals surface area contributed by atoms with Gasteiger partial charge in [-0.15, -0.1) is 0 Å². The van der Waals surface area contributed by atoms with Crippen LogP contribution in [0.4, 0.5) is 0 Å². The number of sulfonamides is 1. The summed E-state index contributed by atoms with van der Waals surface area (Å²) in [5.74, 6) is -1.50. The second-order valence-electron chi connectivity index (χ2n) is 2.57. The molecule has 6 nitrogen and oxygen atoms in total. The molecule has 0 atom stereocenters. The molecule has 0 heterocycles. The van der Waals surface area contributed by atoms with Gasteiger partial charge in [0, 0.05) is 20.1 Å². The van der Waals surface area contributed by atoms with Gasteiger partial charge in [0.25, 0.3) is 0 Å². The summed E-state index contributed by atoms with van der Waals surface area (Å²) in [4.78, 5) is 10.1. The van der Waals surface area contributed by atoms with Gasteiger partial charge in [0.1, 0.15) is 0 Å². The zero-order valence-corrected chi connectivity index (χ0v) is 8.25. The first-order valence-electron chi connectivity index (χ1n) is 3.76. The third-order valence-electron chi connectivity index (χ3n) is 1.49. The number of aliphatic carboxylic acids is 1. The zero-order valence-electron chi connectivity index (χ0n) is 7.43. The Bertz CT molecular complexity index is 262. The van der Waals surface area contributed by atoms with Crippen molar-refractivity contribution in [2.45, 2.75) is 6.42 Å². The van der Waals surface area contributed by atoms with Crippen molar-refractivity contribution >= 4 is 16.0 Å². The van der Waals surface area contributed by atoms with Crippen LogP contribution in [0.2, 0.25) is 0 Å². The minimum Gasteiger partial charge on any atom is -0.481 e. The Balaban J connectivity index is 4.15. The van der Waals surface area contributed by atoms with E-state index in [0.29, 0.717) is 0 Å². The van der Waals surface area contributed by atoms with E-state index >= 15 is 0 Å². The molecule has 0 aromatic carbocycles. The highest BCUT2D eigenvalue weighted by molar-refractivity contribution is 7.89. The van der Waals surface area contributed by atoms with Crippen molar-refractivity contribution in [2.75, 3.05) is 25.9 Å². The van der Waals surface area contributed by atoms with Crippen LogP contribution in [0.15, 0.2) is 0 Å². The number of carboxylic acid groups (broad SMARTS) is 1. The van der Waals surface area contributed by atoms with Gasteiger partial charge in [-0.05, 0) is 0 Å². The molecule has 0 aromatic heterocycles. The molecule has 0 aliphatic heterocycles. The number of nitrogens with zero attached hydrogens (tertiary/aromatic N) is 1. The maximum absolute atomic E-state index is 11.2. The molecule has 0 amide bonds. The predicted octanol–water partition coefficient (Wildman–Crippen LogP) is -1.32. The van der Waals surface area contributed by atoms with E-state index in [9.17, 15) is 13.2 Å². The van der Waals surface area contributed by atoms with E-state index in [-0.39, 0.29) is 25.3 Å². The fourth-order valence-corrected chi connectivity index (χ4v) is 1.82. The van der Waals surface area contributed by atoms with Crippen LogP contribution < -0.4 is 5.73 Å². The van der Waals surface area contributed by atoms with Crippen LogP contribution >= 0.6 is 0 Å². The molecule has 3 N–H and O–H groups in total. The normalized spacial score (nSPS) is 11.9. The van der Waals surface area contributed by atoms with Gasteiger partial charge in [-0.1, -0.05) is 0 Å². The Labute approximate surface area is 77.4 Å². The monoisotopic (exact) mass is 210 g/mol. The third kappa shape index (κ3) is 4.81. The highest BCUT2D eigenvalue weighted by Gasteiger charge is 2.17. The molecule has 0 saturated heterocycles. The Morgan fingerprint density at radius 2 is 2.08 bits per heavy atom. The van der Waals surface area contributed by atoms with Crippen molar-refractivity contribution in [3.05, 3.63) is 0 Å². The van der Waals surface area contributed by atoms with Crippen LogP contribution in [0.1, 0.15) is 6.42 Å². The molecule has 0 spiro atoms. The first-order chi connectivity index (χ1) is 5.90. The highest BCUT2D eigenvalue weighted by atomic mass is 32.2. The van der Waals surface area contributed by atoms with Crippen LogP contribution in [0.5, 0.6) is 0 Å². The average Bonchev–Trinajstić information content (AvgIpc) is 2.01. The van der Waals surface area contributed by atoms with Crippen molar-refractivity contribution in [3.63, 3.8) is 0 Å². The summed E-state index contributed by atoms with van der Waals surface area (Å²) in [6, 6.07) is 0. The van der Waals surface area contributed by atoms with Gasteiger partial charge in [-0.2, -0.15) is 0 Å². The van der Waals surface area contributed by atoms with Gasteiger partial charge in [0.15, 0.2) is 0 Å². The fourth-order valence-electron chi connectivity index (χ4n) is 0.693. The quantitative estimate of drug-likeness (QED) is 0.566. The summed E-state index contributed by atoms with van der Waals surface area (Å²) < 4.78 is 23.5. The second-order valence-corrected chi connectivity index (χ2v) is 4.77. The molecular formula is C6H14N2O4S. The van der Waals surface area contributed by atoms with Crippen LogP contribution in [0.3, 0.4) is 0 Å². The van der Waals surface area contributed by atoms with E-state index in [2.05, 4.69) is 0 Å². The molecule has 0 aromatic rings. The summed E-state index contributed by atoms with van der Waals surface area (Å²) in [5.41, 5.74) is 5.16. The molecule has 13 heavy (non-hydrogen) atoms. The van der Waals surface area contributed by atoms with Crippen molar-refractivity contribution in [1.29, 1.82) is 0 Å². The lowest BCUT2D eigenvalue weighted by atomic mass is 10.5. The van der Waals surface area contributed by atoms with Gasteiger partial charge in [-0.25, -0.2) is 12.7 Å². The first kappa shape index (κ1) is 12.3. The number of carbonyl (C=O) groups is 1. The van der Waals surface area contributed by atoms with E-state index in [0.717, 1.165) is 4.31 Å². The smallest absolute Gasteiger partial charge is 0.304 e. The predicted molar refractivity (Wildman–Crippen MR) is 47.7 cm³/mol. The number of carboxylic acids is 1. The number of hydrogen-bond donors (Lipinski definition) is 2. The molecular weight excluding hydrogens is 196 g/mol. The van der Waals surface area contributed by atoms with Crippen LogP contribution in [0.25, 0.3) is 0 Å². The summed E-state index contributed by atoms with van der Waals surface area (Å²) in [7, 11) is -2.07. The molecule has 0 unspecified atom stereocenters. The van der Waals surface area contributed by atoms with Gasteiger partial charge in [-0.3, -0.25) is 4.79 Å². The minimum absolute atomic E-state index is 0.210. The SMILES string of the molecule is CN(CCN)S(=O)(=O)CCC(=O)O. The zero-order chi connectivity index (χ0) is 10.5. The fraction of sp³-hybridized carbons (Fsp3) is 0.833. The highest BCUT2D eigenvalue weighted by Crippen LogP contribution is 1.99. The van der Waals surface area contributed by atoms with E-state index in [1.165, 1.54) is 7.05 Å². The Hall–Kier alpha value is -0.660. The number of hydrogen-bond acceptors (Lipinski definition) is 4. The molecule has 0 saturated carbocycles. The van der Waals surface area contributed by atoms with Crippen molar-refractivity contribution in [2.24, 2.45) is 5.73 Å². The van der Waals surface area contributed by atoms with E-state index < -0.39 is 16.0 Å². The largest absolute Gasteiger partial charge is 0.481 e. The van der Waals surface area contributed by atoms with Crippen LogP contribution in [0, 0.1) is 0 Å². The van der Waals surface area contributed by atoms with Gasteiger partial charge < -0.3 is 10.8 Å². The van der Waals surface area contributed by atoms with Crippen LogP contribution in [-0.4, -0.2) is 49.7 Å². The summed E-state index contributed by atoms with van der Waals surface area (Å²) in [6.07, 6.45) is -0.378. The molecule has 0 rings (SSSR count). The Morgan fingerprint density at radius 3 is 2.46 bits per heavy atom. The third-order valence-corrected chi connectivity index (χ3v) is 3.35. The number of nitrogens with two attached hydrogens (primary N) is 1. The lowest BCUT2D eigenvalue weighted by Gasteiger charge is -2.14. The molecule has 0 aliphatic rings. The lowest BCUT2D eigenvalue weighted by molar-refractivity contribution is -0.136. The average molecular weight is 210 g/mol. The Kier molecular flexibility index (Phi) is 4.89. The number of likely N-dealkylation sites (N-methyl/N-ethyl adjacent to an activating group) is 1. The molecule has 78 valence electrons. The van der Waals surface area contributed by atoms with Crippen molar-refractivity contribution < 1.29 is 18.3 Å². The Morgan fingerprint density at radius 1 is 1.54 bits per heavy atom. The lowest BCUT2D eigenvalue weighted by Crippen LogP contribution is -2.34. The number of rotatable bonds is 6. The second kappa shape index (κ2) is 5.15. The van der Waals surface area contributed by atoms with Crippen LogP contribution in [-0.2, 0) is 14.8 Å². The van der Waals surface area contributed by atoms with E-state index in [1.54, 1.807) is 0 Å².